The maximum atomic E-state index is 9.65. The maximum Gasteiger partial charge on any atom is 0.489 e. The fourth-order valence-electron chi connectivity index (χ4n) is 16.8. The lowest BCUT2D eigenvalue weighted by Gasteiger charge is -2.18. The van der Waals surface area contributed by atoms with E-state index in [0.717, 1.165) is 58.3 Å². The lowest BCUT2D eigenvalue weighted by atomic mass is 9.75. The van der Waals surface area contributed by atoms with Gasteiger partial charge in [0.15, 0.2) is 0 Å². The van der Waals surface area contributed by atoms with Gasteiger partial charge in [-0.2, -0.15) is 0 Å². The molecule has 0 saturated heterocycles. The molecule has 0 aliphatic heterocycles. The van der Waals surface area contributed by atoms with Gasteiger partial charge < -0.3 is 20.1 Å². The van der Waals surface area contributed by atoms with Gasteiger partial charge in [0, 0.05) is 8.95 Å². The van der Waals surface area contributed by atoms with Gasteiger partial charge in [-0.3, -0.25) is 0 Å². The van der Waals surface area contributed by atoms with Crippen LogP contribution in [-0.2, 0) is 0 Å². The first-order valence-electron chi connectivity index (χ1n) is 37.1. The Balaban J connectivity index is 0.0000000989. The summed E-state index contributed by atoms with van der Waals surface area (Å²) in [5.41, 5.74) is 6.44. The summed E-state index contributed by atoms with van der Waals surface area (Å²) >= 11 is 7.40. The molecule has 110 heavy (non-hydrogen) atoms. The average molecular weight is 1540 g/mol. The molecule has 522 valence electrons. The summed E-state index contributed by atoms with van der Waals surface area (Å²) in [5, 5.41) is 77.5. The van der Waals surface area contributed by atoms with Crippen LogP contribution in [0.1, 0.15) is 11.1 Å². The minimum atomic E-state index is -1.47. The van der Waals surface area contributed by atoms with Gasteiger partial charge in [-0.1, -0.05) is 319 Å². The zero-order valence-electron chi connectivity index (χ0n) is 60.3. The van der Waals surface area contributed by atoms with E-state index in [2.05, 4.69) is 325 Å². The van der Waals surface area contributed by atoms with Crippen molar-refractivity contribution in [3.8, 4) is 11.1 Å². The SMILES string of the molecule is Brc1cc2cc3ccccc3cc2c2ccccc12.Cc1c2ccccc2c(-c2cc3cc4ccccc4cc3c3ccccc23)c2ccccc12.Cc1c2ccccc2c(Br)c2ccccc12.OB(O)c1cc2cc3ccccc3cc2c2ccccc12.OB(O)c1cc2cc3ccccc3cc2c2ccccc12. The first-order valence-corrected chi connectivity index (χ1v) is 38.7. The molecular formula is C102H70B2Br2O4. The van der Waals surface area contributed by atoms with E-state index in [-0.39, 0.29) is 0 Å². The Hall–Kier alpha value is -12.1. The average Bonchev–Trinajstić information content (AvgIpc) is 0.729. The second kappa shape index (κ2) is 29.5. The number of rotatable bonds is 3. The summed E-state index contributed by atoms with van der Waals surface area (Å²) in [5.74, 6) is 0. The summed E-state index contributed by atoms with van der Waals surface area (Å²) in [6.07, 6.45) is 0. The second-order valence-corrected chi connectivity index (χ2v) is 30.1. The lowest BCUT2D eigenvalue weighted by Crippen LogP contribution is -2.30. The monoisotopic (exact) mass is 1540 g/mol. The molecule has 0 unspecified atom stereocenters. The molecule has 8 heteroatoms. The molecule has 0 aliphatic rings. The van der Waals surface area contributed by atoms with E-state index < -0.39 is 14.2 Å². The van der Waals surface area contributed by atoms with Crippen molar-refractivity contribution >= 4 is 229 Å². The fourth-order valence-corrected chi connectivity index (χ4v) is 18.0. The number of hydrogen-bond acceptors (Lipinski definition) is 4. The van der Waals surface area contributed by atoms with Gasteiger partial charge in [0.2, 0.25) is 0 Å². The third-order valence-electron chi connectivity index (χ3n) is 22.1. The van der Waals surface area contributed by atoms with E-state index in [9.17, 15) is 20.1 Å². The Morgan fingerprint density at radius 1 is 0.191 bits per heavy atom. The van der Waals surface area contributed by atoms with Gasteiger partial charge in [-0.05, 0) is 296 Å². The predicted octanol–water partition coefficient (Wildman–Crippen LogP) is 26.1. The molecule has 0 bridgehead atoms. The van der Waals surface area contributed by atoms with Crippen LogP contribution in [0.25, 0.3) is 183 Å². The molecule has 0 atom stereocenters. The van der Waals surface area contributed by atoms with Crippen molar-refractivity contribution in [2.45, 2.75) is 13.8 Å². The van der Waals surface area contributed by atoms with Gasteiger partial charge >= 0.3 is 14.2 Å². The topological polar surface area (TPSA) is 80.9 Å². The highest BCUT2D eigenvalue weighted by Crippen LogP contribution is 2.45. The Bertz CT molecular complexity index is 7110. The van der Waals surface area contributed by atoms with Crippen LogP contribution in [0.15, 0.2) is 373 Å². The molecule has 4 nitrogen and oxygen atoms in total. The lowest BCUT2D eigenvalue weighted by molar-refractivity contribution is 0.425. The predicted molar refractivity (Wildman–Crippen MR) is 482 cm³/mol. The van der Waals surface area contributed by atoms with Crippen LogP contribution in [0.4, 0.5) is 0 Å². The Morgan fingerprint density at radius 2 is 0.418 bits per heavy atom. The van der Waals surface area contributed by atoms with Crippen LogP contribution in [0, 0.1) is 13.8 Å². The van der Waals surface area contributed by atoms with E-state index in [4.69, 9.17) is 0 Å². The van der Waals surface area contributed by atoms with Crippen LogP contribution in [0.2, 0.25) is 0 Å². The van der Waals surface area contributed by atoms with Crippen LogP contribution in [-0.4, -0.2) is 34.3 Å². The summed E-state index contributed by atoms with van der Waals surface area (Å²) in [4.78, 5) is 0. The zero-order chi connectivity index (χ0) is 74.7. The van der Waals surface area contributed by atoms with Crippen molar-refractivity contribution in [1.82, 2.24) is 0 Å². The van der Waals surface area contributed by atoms with Crippen molar-refractivity contribution in [2.24, 2.45) is 0 Å². The fraction of sp³-hybridized carbons (Fsp3) is 0.0196. The first-order chi connectivity index (χ1) is 53.9. The number of hydrogen-bond donors (Lipinski definition) is 4. The van der Waals surface area contributed by atoms with E-state index in [1.807, 2.05) is 84.9 Å². The molecular weight excluding hydrogens is 1470 g/mol. The third kappa shape index (κ3) is 12.8. The number of halogens is 2. The van der Waals surface area contributed by atoms with Crippen LogP contribution < -0.4 is 10.9 Å². The molecule has 0 heterocycles. The molecule has 0 spiro atoms. The van der Waals surface area contributed by atoms with Crippen molar-refractivity contribution in [2.75, 3.05) is 0 Å². The summed E-state index contributed by atoms with van der Waals surface area (Å²) in [6.45, 7) is 4.44. The minimum absolute atomic E-state index is 0.549. The zero-order valence-corrected chi connectivity index (χ0v) is 63.5. The van der Waals surface area contributed by atoms with E-state index in [1.54, 1.807) is 0 Å². The molecule has 0 saturated carbocycles. The van der Waals surface area contributed by atoms with E-state index >= 15 is 0 Å². The third-order valence-corrected chi connectivity index (χ3v) is 23.6. The highest BCUT2D eigenvalue weighted by atomic mass is 79.9. The Labute approximate surface area is 653 Å². The number of aryl methyl sites for hydroxylation is 2. The summed E-state index contributed by atoms with van der Waals surface area (Å²) in [6, 6.07) is 128. The largest absolute Gasteiger partial charge is 0.489 e. The van der Waals surface area contributed by atoms with Crippen LogP contribution >= 0.6 is 31.9 Å². The smallest absolute Gasteiger partial charge is 0.423 e. The van der Waals surface area contributed by atoms with Gasteiger partial charge in [-0.25, -0.2) is 0 Å². The van der Waals surface area contributed by atoms with E-state index in [1.165, 1.54) is 145 Å². The molecule has 22 aromatic rings. The van der Waals surface area contributed by atoms with Gasteiger partial charge in [0.1, 0.15) is 0 Å². The van der Waals surface area contributed by atoms with Gasteiger partial charge in [-0.15, -0.1) is 0 Å². The highest BCUT2D eigenvalue weighted by molar-refractivity contribution is 9.11. The Morgan fingerprint density at radius 3 is 0.755 bits per heavy atom. The molecule has 4 N–H and O–H groups in total. The maximum absolute atomic E-state index is 9.65. The van der Waals surface area contributed by atoms with Crippen molar-refractivity contribution in [3.05, 3.63) is 384 Å². The second-order valence-electron chi connectivity index (χ2n) is 28.4. The normalized spacial score (nSPS) is 11.5. The van der Waals surface area contributed by atoms with Crippen molar-refractivity contribution in [3.63, 3.8) is 0 Å². The molecule has 22 rings (SSSR count). The molecule has 0 aliphatic carbocycles. The standard InChI is InChI=1S/C33H22.2C18H13BO2.C18H11Br.C15H11Br/c1-21-25-12-4-8-16-29(25)33(30-17-9-5-13-26(21)30)32-20-24-18-22-10-2-3-11-23(22)19-31(24)27-14-6-7-15-28(27)32;2*20-19(21)18-11-14-9-12-5-1-2-6-13(12)10-17(14)15-7-3-4-8-16(15)18;19-18-11-14-9-12-5-1-2-6-13(12)10-17(14)15-7-3-4-8-16(15)18;1-10-11-6-2-4-8-13(11)15(16)14-9-5-3-7-12(10)14/h2-20H,1H3;2*1-11,20-21H;1-11H;2-9H,1H3. The van der Waals surface area contributed by atoms with Gasteiger partial charge in [0.05, 0.1) is 0 Å². The quantitative estimate of drug-likeness (QED) is 0.0807. The van der Waals surface area contributed by atoms with Crippen LogP contribution in [0.5, 0.6) is 0 Å². The molecule has 0 amide bonds. The summed E-state index contributed by atoms with van der Waals surface area (Å²) < 4.78 is 2.36. The number of fused-ring (bicyclic) bond motifs is 20. The minimum Gasteiger partial charge on any atom is -0.423 e. The highest BCUT2D eigenvalue weighted by Gasteiger charge is 2.21. The summed E-state index contributed by atoms with van der Waals surface area (Å²) in [7, 11) is -2.93. The molecule has 0 radical (unpaired) electrons. The van der Waals surface area contributed by atoms with Gasteiger partial charge in [0.25, 0.3) is 0 Å². The molecule has 0 fully saturated rings. The number of benzene rings is 22. The molecule has 22 aromatic carbocycles. The first kappa shape index (κ1) is 69.7. The molecule has 0 aromatic heterocycles. The van der Waals surface area contributed by atoms with E-state index in [0.29, 0.717) is 10.9 Å². The van der Waals surface area contributed by atoms with Crippen molar-refractivity contribution in [1.29, 1.82) is 0 Å². The Kier molecular flexibility index (Phi) is 18.7. The van der Waals surface area contributed by atoms with Crippen molar-refractivity contribution < 1.29 is 20.1 Å². The van der Waals surface area contributed by atoms with Crippen LogP contribution in [0.3, 0.4) is 0 Å².